The number of amides is 1. The quantitative estimate of drug-likeness (QED) is 0.148. The van der Waals surface area contributed by atoms with E-state index in [4.69, 9.17) is 32.7 Å². The van der Waals surface area contributed by atoms with Crippen LogP contribution in [0.5, 0.6) is 5.75 Å². The molecule has 2 aliphatic rings. The number of carbonyl (C=O) groups excluding carboxylic acids is 2. The first-order valence-corrected chi connectivity index (χ1v) is 16.6. The van der Waals surface area contributed by atoms with Crippen molar-refractivity contribution in [3.8, 4) is 5.75 Å². The molecule has 2 aromatic rings. The third kappa shape index (κ3) is 9.26. The summed E-state index contributed by atoms with van der Waals surface area (Å²) in [6, 6.07) is 11.7. The van der Waals surface area contributed by atoms with Crippen molar-refractivity contribution in [2.75, 3.05) is 55.9 Å². The van der Waals surface area contributed by atoms with Gasteiger partial charge in [0.2, 0.25) is 5.91 Å². The van der Waals surface area contributed by atoms with E-state index in [1.54, 1.807) is 4.90 Å². The lowest BCUT2D eigenvalue weighted by molar-refractivity contribution is -0.154. The van der Waals surface area contributed by atoms with E-state index in [1.807, 2.05) is 50.2 Å². The highest BCUT2D eigenvalue weighted by atomic mass is 35.5. The Bertz CT molecular complexity index is 1230. The SMILES string of the molecule is CCCCCCC(C)(C)C(=O)OCN1C(=O)CCc2ccc(OCCCCN3CCN(c4cccc(Cl)c4Cl)CC3)cc21. The molecule has 0 saturated carbocycles. The first-order chi connectivity index (χ1) is 20.7. The van der Waals surface area contributed by atoms with Crippen LogP contribution in [0.4, 0.5) is 11.4 Å². The predicted octanol–water partition coefficient (Wildman–Crippen LogP) is 7.75. The molecule has 1 amide bonds. The van der Waals surface area contributed by atoms with Crippen molar-refractivity contribution < 1.29 is 19.1 Å². The summed E-state index contributed by atoms with van der Waals surface area (Å²) < 4.78 is 11.8. The van der Waals surface area contributed by atoms with Gasteiger partial charge in [-0.2, -0.15) is 0 Å². The van der Waals surface area contributed by atoms with Crippen molar-refractivity contribution >= 4 is 46.5 Å². The zero-order chi connectivity index (χ0) is 30.8. The topological polar surface area (TPSA) is 62.3 Å². The van der Waals surface area contributed by atoms with Crippen LogP contribution in [0.15, 0.2) is 36.4 Å². The standard InChI is InChI=1S/C34H47Cl2N3O4/c1-4-5-6-7-17-34(2,3)33(41)43-25-39-30-24-27(15-13-26(30)14-16-31(39)40)42-23-9-8-18-37-19-21-38(22-20-37)29-12-10-11-28(35)32(29)36/h10-13,15,24H,4-9,14,16-23,25H2,1-3H3. The van der Waals surface area contributed by atoms with Gasteiger partial charge in [0.05, 0.1) is 33.4 Å². The van der Waals surface area contributed by atoms with E-state index in [2.05, 4.69) is 16.7 Å². The molecule has 0 bridgehead atoms. The number of halogens is 2. The van der Waals surface area contributed by atoms with Crippen LogP contribution in [0.3, 0.4) is 0 Å². The van der Waals surface area contributed by atoms with Gasteiger partial charge in [0, 0.05) is 38.7 Å². The molecular weight excluding hydrogens is 585 g/mol. The molecule has 0 N–H and O–H groups in total. The number of aryl methyl sites for hydroxylation is 1. The van der Waals surface area contributed by atoms with Crippen molar-refractivity contribution in [2.45, 2.75) is 78.6 Å². The van der Waals surface area contributed by atoms with E-state index >= 15 is 0 Å². The van der Waals surface area contributed by atoms with Gasteiger partial charge in [0.1, 0.15) is 5.75 Å². The Morgan fingerprint density at radius 2 is 1.72 bits per heavy atom. The van der Waals surface area contributed by atoms with Crippen LogP contribution in [-0.2, 0) is 20.7 Å². The number of anilines is 2. The highest BCUT2D eigenvalue weighted by Crippen LogP contribution is 2.34. The van der Waals surface area contributed by atoms with E-state index in [-0.39, 0.29) is 18.6 Å². The van der Waals surface area contributed by atoms with E-state index in [0.717, 1.165) is 93.9 Å². The molecular formula is C34H47Cl2N3O4. The first kappa shape index (κ1) is 33.4. The third-order valence-electron chi connectivity index (χ3n) is 8.57. The maximum atomic E-state index is 12.9. The Hall–Kier alpha value is -2.48. The average Bonchev–Trinajstić information content (AvgIpc) is 3.00. The number of carbonyl (C=O) groups is 2. The van der Waals surface area contributed by atoms with E-state index < -0.39 is 5.41 Å². The smallest absolute Gasteiger partial charge is 0.313 e. The molecule has 1 saturated heterocycles. The summed E-state index contributed by atoms with van der Waals surface area (Å²) in [5.74, 6) is 0.440. The predicted molar refractivity (Wildman–Crippen MR) is 176 cm³/mol. The summed E-state index contributed by atoms with van der Waals surface area (Å²) in [4.78, 5) is 32.1. The van der Waals surface area contributed by atoms with E-state index in [1.165, 1.54) is 6.42 Å². The Morgan fingerprint density at radius 1 is 0.930 bits per heavy atom. The fraction of sp³-hybridized carbons (Fsp3) is 0.588. The van der Waals surface area contributed by atoms with Crippen molar-refractivity contribution in [2.24, 2.45) is 5.41 Å². The number of piperazine rings is 1. The Labute approximate surface area is 267 Å². The normalized spacial score (nSPS) is 15.9. The maximum absolute atomic E-state index is 12.9. The number of hydrogen-bond donors (Lipinski definition) is 0. The van der Waals surface area contributed by atoms with Crippen LogP contribution < -0.4 is 14.5 Å². The van der Waals surface area contributed by atoms with Crippen molar-refractivity contribution in [1.29, 1.82) is 0 Å². The fourth-order valence-electron chi connectivity index (χ4n) is 5.74. The van der Waals surface area contributed by atoms with Gasteiger partial charge in [-0.1, -0.05) is 67.9 Å². The van der Waals surface area contributed by atoms with Crippen LogP contribution in [0, 0.1) is 5.41 Å². The Morgan fingerprint density at radius 3 is 2.49 bits per heavy atom. The number of hydrogen-bond acceptors (Lipinski definition) is 6. The molecule has 43 heavy (non-hydrogen) atoms. The minimum Gasteiger partial charge on any atom is -0.494 e. The van der Waals surface area contributed by atoms with Gasteiger partial charge >= 0.3 is 5.97 Å². The molecule has 0 atom stereocenters. The number of nitrogens with zero attached hydrogens (tertiary/aromatic N) is 3. The number of unbranched alkanes of at least 4 members (excludes halogenated alkanes) is 4. The van der Waals surface area contributed by atoms with Crippen LogP contribution in [-0.4, -0.2) is 62.8 Å². The molecule has 0 aromatic heterocycles. The van der Waals surface area contributed by atoms with Gasteiger partial charge in [-0.3, -0.25) is 19.4 Å². The van der Waals surface area contributed by atoms with Gasteiger partial charge in [-0.15, -0.1) is 0 Å². The van der Waals surface area contributed by atoms with Gasteiger partial charge < -0.3 is 14.4 Å². The molecule has 2 heterocycles. The highest BCUT2D eigenvalue weighted by Gasteiger charge is 2.31. The van der Waals surface area contributed by atoms with Gasteiger partial charge in [-0.25, -0.2) is 0 Å². The maximum Gasteiger partial charge on any atom is 0.313 e. The van der Waals surface area contributed by atoms with E-state index in [9.17, 15) is 9.59 Å². The largest absolute Gasteiger partial charge is 0.494 e. The zero-order valence-electron chi connectivity index (χ0n) is 26.0. The minimum absolute atomic E-state index is 0.0315. The number of benzene rings is 2. The third-order valence-corrected chi connectivity index (χ3v) is 9.38. The van der Waals surface area contributed by atoms with E-state index in [0.29, 0.717) is 29.5 Å². The van der Waals surface area contributed by atoms with Crippen LogP contribution >= 0.6 is 23.2 Å². The molecule has 4 rings (SSSR count). The van der Waals surface area contributed by atoms with Crippen molar-refractivity contribution in [3.63, 3.8) is 0 Å². The second-order valence-electron chi connectivity index (χ2n) is 12.3. The molecule has 1 fully saturated rings. The molecule has 236 valence electrons. The molecule has 0 aliphatic carbocycles. The number of esters is 1. The number of rotatable bonds is 15. The fourth-order valence-corrected chi connectivity index (χ4v) is 6.15. The van der Waals surface area contributed by atoms with Crippen molar-refractivity contribution in [1.82, 2.24) is 4.90 Å². The summed E-state index contributed by atoms with van der Waals surface area (Å²) in [6.07, 6.45) is 8.29. The Kier molecular flexibility index (Phi) is 12.4. The second kappa shape index (κ2) is 16.0. The molecule has 0 radical (unpaired) electrons. The van der Waals surface area contributed by atoms with Crippen LogP contribution in [0.25, 0.3) is 0 Å². The van der Waals surface area contributed by atoms with Gasteiger partial charge in [0.25, 0.3) is 0 Å². The molecule has 0 spiro atoms. The monoisotopic (exact) mass is 631 g/mol. The molecule has 0 unspecified atom stereocenters. The van der Waals surface area contributed by atoms with Gasteiger partial charge in [-0.05, 0) is 69.8 Å². The lowest BCUT2D eigenvalue weighted by Crippen LogP contribution is -2.46. The molecule has 2 aliphatic heterocycles. The zero-order valence-corrected chi connectivity index (χ0v) is 27.5. The highest BCUT2D eigenvalue weighted by molar-refractivity contribution is 6.43. The van der Waals surface area contributed by atoms with Crippen molar-refractivity contribution in [3.05, 3.63) is 52.0 Å². The Balaban J connectivity index is 1.21. The summed E-state index contributed by atoms with van der Waals surface area (Å²) >= 11 is 12.6. The van der Waals surface area contributed by atoms with Gasteiger partial charge in [0.15, 0.2) is 6.73 Å². The minimum atomic E-state index is -0.572. The lowest BCUT2D eigenvalue weighted by Gasteiger charge is -2.36. The number of fused-ring (bicyclic) bond motifs is 1. The molecule has 9 heteroatoms. The summed E-state index contributed by atoms with van der Waals surface area (Å²) in [7, 11) is 0. The number of ether oxygens (including phenoxy) is 2. The van der Waals surface area contributed by atoms with Crippen LogP contribution in [0.2, 0.25) is 10.0 Å². The first-order valence-electron chi connectivity index (χ1n) is 15.8. The summed E-state index contributed by atoms with van der Waals surface area (Å²) in [6.45, 7) is 11.4. The summed E-state index contributed by atoms with van der Waals surface area (Å²) in [5.41, 5.74) is 2.28. The summed E-state index contributed by atoms with van der Waals surface area (Å²) in [5, 5.41) is 1.22. The molecule has 2 aromatic carbocycles. The average molecular weight is 633 g/mol. The second-order valence-corrected chi connectivity index (χ2v) is 13.1. The molecule has 7 nitrogen and oxygen atoms in total. The lowest BCUT2D eigenvalue weighted by atomic mass is 9.87. The van der Waals surface area contributed by atoms with Crippen LogP contribution in [0.1, 0.15) is 77.7 Å².